The molecule has 0 saturated heterocycles. The average molecular weight is 308 g/mol. The largest absolute Gasteiger partial charge is 0.348 e. The third-order valence-corrected chi connectivity index (χ3v) is 4.35. The number of benzene rings is 1. The van der Waals surface area contributed by atoms with Gasteiger partial charge in [0.05, 0.1) is 11.3 Å². The smallest absolute Gasteiger partial charge is 0.224 e. The van der Waals surface area contributed by atoms with Crippen LogP contribution in [0.2, 0.25) is 0 Å². The van der Waals surface area contributed by atoms with Crippen LogP contribution >= 0.6 is 0 Å². The van der Waals surface area contributed by atoms with Crippen LogP contribution in [0.3, 0.4) is 0 Å². The van der Waals surface area contributed by atoms with Gasteiger partial charge in [0.25, 0.3) is 0 Å². The molecule has 5 nitrogen and oxygen atoms in total. The molecule has 0 spiro atoms. The van der Waals surface area contributed by atoms with Gasteiger partial charge in [-0.15, -0.1) is 0 Å². The Kier molecular flexibility index (Phi) is 4.67. The van der Waals surface area contributed by atoms with Crippen molar-refractivity contribution in [1.29, 1.82) is 0 Å². The van der Waals surface area contributed by atoms with E-state index in [0.29, 0.717) is 6.42 Å². The molecule has 0 radical (unpaired) electrons. The van der Waals surface area contributed by atoms with Gasteiger partial charge in [0.1, 0.15) is 9.84 Å². The highest BCUT2D eigenvalue weighted by atomic mass is 32.2. The van der Waals surface area contributed by atoms with Crippen LogP contribution in [0.5, 0.6) is 0 Å². The Morgan fingerprint density at radius 2 is 2.05 bits per heavy atom. The molecule has 1 aromatic carbocycles. The van der Waals surface area contributed by atoms with Crippen molar-refractivity contribution in [3.63, 3.8) is 0 Å². The third kappa shape index (κ3) is 4.32. The number of anilines is 1. The minimum absolute atomic E-state index is 0.0398. The summed E-state index contributed by atoms with van der Waals surface area (Å²) < 4.78 is 24.2. The van der Waals surface area contributed by atoms with E-state index >= 15 is 0 Å². The number of sulfone groups is 1. The number of aromatic nitrogens is 1. The quantitative estimate of drug-likeness (QED) is 0.891. The number of aryl methyl sites for hydroxylation is 1. The summed E-state index contributed by atoms with van der Waals surface area (Å²) in [5, 5.41) is 3.95. The molecule has 2 rings (SSSR count). The predicted octanol–water partition coefficient (Wildman–Crippen LogP) is 2.42. The number of hydrogen-bond acceptors (Lipinski definition) is 3. The number of nitrogens with zero attached hydrogens (tertiary/aromatic N) is 1. The van der Waals surface area contributed by atoms with Gasteiger partial charge in [-0.25, -0.2) is 8.42 Å². The van der Waals surface area contributed by atoms with Crippen LogP contribution in [0.1, 0.15) is 19.8 Å². The summed E-state index contributed by atoms with van der Waals surface area (Å²) in [6, 6.07) is 7.80. The standard InChI is InChI=1S/C15H20N2O3S/c1-3-17-9-8-12-6-7-13(11-14(12)17)16-15(18)5-4-10-21(2,19)20/h6-9,11H,3-5,10H2,1-2H3,(H,16,18). The summed E-state index contributed by atoms with van der Waals surface area (Å²) in [6.07, 6.45) is 3.75. The van der Waals surface area contributed by atoms with E-state index in [1.54, 1.807) is 0 Å². The predicted molar refractivity (Wildman–Crippen MR) is 85.2 cm³/mol. The summed E-state index contributed by atoms with van der Waals surface area (Å²) in [7, 11) is -3.01. The Bertz CT molecular complexity index is 747. The Morgan fingerprint density at radius 1 is 1.29 bits per heavy atom. The molecule has 1 amide bonds. The van der Waals surface area contributed by atoms with Gasteiger partial charge in [-0.1, -0.05) is 6.07 Å². The van der Waals surface area contributed by atoms with E-state index in [0.717, 1.165) is 23.1 Å². The van der Waals surface area contributed by atoms with Gasteiger partial charge >= 0.3 is 0 Å². The van der Waals surface area contributed by atoms with Crippen LogP contribution in [0.25, 0.3) is 10.9 Å². The minimum Gasteiger partial charge on any atom is -0.348 e. The van der Waals surface area contributed by atoms with E-state index in [-0.39, 0.29) is 18.1 Å². The fourth-order valence-electron chi connectivity index (χ4n) is 2.26. The second-order valence-electron chi connectivity index (χ2n) is 5.16. The first kappa shape index (κ1) is 15.6. The molecular formula is C15H20N2O3S. The molecule has 1 N–H and O–H groups in total. The molecule has 21 heavy (non-hydrogen) atoms. The van der Waals surface area contributed by atoms with Crippen LogP contribution < -0.4 is 5.32 Å². The van der Waals surface area contributed by atoms with Crippen molar-refractivity contribution in [2.75, 3.05) is 17.3 Å². The highest BCUT2D eigenvalue weighted by Crippen LogP contribution is 2.20. The van der Waals surface area contributed by atoms with E-state index in [1.807, 2.05) is 30.5 Å². The van der Waals surface area contributed by atoms with E-state index in [1.165, 1.54) is 6.26 Å². The molecule has 0 bridgehead atoms. The topological polar surface area (TPSA) is 68.2 Å². The van der Waals surface area contributed by atoms with Crippen LogP contribution in [-0.2, 0) is 21.2 Å². The Morgan fingerprint density at radius 3 is 2.71 bits per heavy atom. The molecule has 2 aromatic rings. The van der Waals surface area contributed by atoms with Crippen LogP contribution in [-0.4, -0.2) is 30.9 Å². The van der Waals surface area contributed by atoms with Gasteiger partial charge in [0, 0.05) is 31.1 Å². The highest BCUT2D eigenvalue weighted by Gasteiger charge is 2.07. The molecule has 0 aliphatic carbocycles. The van der Waals surface area contributed by atoms with Crippen LogP contribution in [0.4, 0.5) is 5.69 Å². The van der Waals surface area contributed by atoms with Crippen molar-refractivity contribution in [2.24, 2.45) is 0 Å². The van der Waals surface area contributed by atoms with E-state index < -0.39 is 9.84 Å². The maximum Gasteiger partial charge on any atom is 0.224 e. The summed E-state index contributed by atoms with van der Waals surface area (Å²) >= 11 is 0. The zero-order valence-corrected chi connectivity index (χ0v) is 13.1. The van der Waals surface area contributed by atoms with Crippen molar-refractivity contribution in [3.8, 4) is 0 Å². The fourth-order valence-corrected chi connectivity index (χ4v) is 2.92. The number of carbonyl (C=O) groups is 1. The van der Waals surface area contributed by atoms with E-state index in [2.05, 4.69) is 16.8 Å². The zero-order chi connectivity index (χ0) is 15.5. The number of nitrogens with one attached hydrogen (secondary N) is 1. The summed E-state index contributed by atoms with van der Waals surface area (Å²) in [4.78, 5) is 11.8. The molecule has 0 atom stereocenters. The lowest BCUT2D eigenvalue weighted by atomic mass is 10.2. The van der Waals surface area contributed by atoms with Crippen molar-refractivity contribution in [2.45, 2.75) is 26.3 Å². The van der Waals surface area contributed by atoms with E-state index in [4.69, 9.17) is 0 Å². The average Bonchev–Trinajstić information content (AvgIpc) is 2.79. The summed E-state index contributed by atoms with van der Waals surface area (Å²) in [5.74, 6) is -0.120. The normalized spacial score (nSPS) is 11.7. The first-order chi connectivity index (χ1) is 9.89. The highest BCUT2D eigenvalue weighted by molar-refractivity contribution is 7.90. The second-order valence-corrected chi connectivity index (χ2v) is 7.42. The molecular weight excluding hydrogens is 288 g/mol. The monoisotopic (exact) mass is 308 g/mol. The van der Waals surface area contributed by atoms with Gasteiger partial charge in [-0.05, 0) is 36.9 Å². The molecule has 0 saturated carbocycles. The number of hydrogen-bond donors (Lipinski definition) is 1. The number of carbonyl (C=O) groups excluding carboxylic acids is 1. The minimum atomic E-state index is -3.01. The Hall–Kier alpha value is -1.82. The Balaban J connectivity index is 2.00. The lowest BCUT2D eigenvalue weighted by molar-refractivity contribution is -0.116. The van der Waals surface area contributed by atoms with Crippen molar-refractivity contribution < 1.29 is 13.2 Å². The Labute approximate surface area is 124 Å². The number of amides is 1. The zero-order valence-electron chi connectivity index (χ0n) is 12.3. The van der Waals surface area contributed by atoms with Crippen molar-refractivity contribution in [3.05, 3.63) is 30.5 Å². The summed E-state index contributed by atoms with van der Waals surface area (Å²) in [6.45, 7) is 2.94. The lowest BCUT2D eigenvalue weighted by Gasteiger charge is -2.07. The van der Waals surface area contributed by atoms with Crippen molar-refractivity contribution >= 4 is 32.3 Å². The molecule has 114 valence electrons. The van der Waals surface area contributed by atoms with Gasteiger partial charge in [-0.2, -0.15) is 0 Å². The molecule has 1 heterocycles. The van der Waals surface area contributed by atoms with Crippen LogP contribution in [0, 0.1) is 0 Å². The molecule has 6 heteroatoms. The van der Waals surface area contributed by atoms with Crippen LogP contribution in [0.15, 0.2) is 30.5 Å². The molecule has 0 unspecified atom stereocenters. The van der Waals surface area contributed by atoms with E-state index in [9.17, 15) is 13.2 Å². The fraction of sp³-hybridized carbons (Fsp3) is 0.400. The first-order valence-corrected chi connectivity index (χ1v) is 9.01. The van der Waals surface area contributed by atoms with Gasteiger partial charge in [0.15, 0.2) is 0 Å². The second kappa shape index (κ2) is 6.30. The molecule has 0 fully saturated rings. The molecule has 1 aromatic heterocycles. The maximum atomic E-state index is 11.8. The van der Waals surface area contributed by atoms with Gasteiger partial charge < -0.3 is 9.88 Å². The SMILES string of the molecule is CCn1ccc2ccc(NC(=O)CCCS(C)(=O)=O)cc21. The number of rotatable bonds is 6. The van der Waals surface area contributed by atoms with Gasteiger partial charge in [0.2, 0.25) is 5.91 Å². The third-order valence-electron chi connectivity index (χ3n) is 3.32. The van der Waals surface area contributed by atoms with Gasteiger partial charge in [-0.3, -0.25) is 4.79 Å². The van der Waals surface area contributed by atoms with Crippen molar-refractivity contribution in [1.82, 2.24) is 4.57 Å². The molecule has 0 aliphatic heterocycles. The summed E-state index contributed by atoms with van der Waals surface area (Å²) in [5.41, 5.74) is 1.81. The lowest BCUT2D eigenvalue weighted by Crippen LogP contribution is -2.13. The number of fused-ring (bicyclic) bond motifs is 1. The first-order valence-electron chi connectivity index (χ1n) is 6.95. The maximum absolute atomic E-state index is 11.8. The molecule has 0 aliphatic rings.